The Morgan fingerprint density at radius 2 is 2.40 bits per heavy atom. The van der Waals surface area contributed by atoms with Gasteiger partial charge in [-0.2, -0.15) is 0 Å². The van der Waals surface area contributed by atoms with Gasteiger partial charge in [0.1, 0.15) is 0 Å². The van der Waals surface area contributed by atoms with Crippen molar-refractivity contribution >= 4 is 5.91 Å². The quantitative estimate of drug-likeness (QED) is 0.718. The van der Waals surface area contributed by atoms with Crippen LogP contribution in [0.25, 0.3) is 0 Å². The summed E-state index contributed by atoms with van der Waals surface area (Å²) in [5.74, 6) is -0.249. The maximum absolute atomic E-state index is 10.6. The highest BCUT2D eigenvalue weighted by molar-refractivity contribution is 5.73. The third-order valence-corrected chi connectivity index (χ3v) is 2.60. The van der Waals surface area contributed by atoms with Gasteiger partial charge in [-0.05, 0) is 24.5 Å². The summed E-state index contributed by atoms with van der Waals surface area (Å²) < 4.78 is 2.01. The van der Waals surface area contributed by atoms with Crippen molar-refractivity contribution in [1.82, 2.24) is 9.88 Å². The number of nitrogens with zero attached hydrogens (tertiary/aromatic N) is 1. The predicted octanol–water partition coefficient (Wildman–Crippen LogP) is 0.615. The van der Waals surface area contributed by atoms with Crippen LogP contribution in [0.5, 0.6) is 0 Å². The summed E-state index contributed by atoms with van der Waals surface area (Å²) in [6, 6.07) is 2.81. The molecule has 4 nitrogen and oxygen atoms in total. The Balaban J connectivity index is 1.77. The molecular weight excluding hydrogens is 190 g/mol. The van der Waals surface area contributed by atoms with E-state index in [1.807, 2.05) is 10.8 Å². The van der Waals surface area contributed by atoms with Crippen molar-refractivity contribution in [2.75, 3.05) is 0 Å². The molecule has 0 aromatic carbocycles. The average Bonchev–Trinajstić information content (AvgIpc) is 2.92. The molecule has 1 fully saturated rings. The smallest absolute Gasteiger partial charge is 0.219 e. The number of primary amides is 1. The Morgan fingerprint density at radius 3 is 3.07 bits per heavy atom. The van der Waals surface area contributed by atoms with E-state index in [0.29, 0.717) is 13.0 Å². The Labute approximate surface area is 89.5 Å². The highest BCUT2D eigenvalue weighted by atomic mass is 16.1. The molecule has 15 heavy (non-hydrogen) atoms. The molecule has 1 aliphatic carbocycles. The number of aryl methyl sites for hydroxylation is 1. The Morgan fingerprint density at radius 1 is 1.60 bits per heavy atom. The maximum atomic E-state index is 10.6. The van der Waals surface area contributed by atoms with Crippen LogP contribution in [-0.4, -0.2) is 16.5 Å². The number of carbonyl (C=O) groups excluding carboxylic acids is 1. The summed E-state index contributed by atoms with van der Waals surface area (Å²) in [7, 11) is 0. The Hall–Kier alpha value is -1.29. The summed E-state index contributed by atoms with van der Waals surface area (Å²) >= 11 is 0. The minimum absolute atomic E-state index is 0.249. The first kappa shape index (κ1) is 10.2. The van der Waals surface area contributed by atoms with E-state index in [-0.39, 0.29) is 5.91 Å². The molecule has 1 aromatic rings. The number of hydrogen-bond acceptors (Lipinski definition) is 2. The third kappa shape index (κ3) is 3.40. The van der Waals surface area contributed by atoms with Gasteiger partial charge in [0, 0.05) is 37.9 Å². The normalized spacial score (nSPS) is 15.5. The van der Waals surface area contributed by atoms with E-state index in [2.05, 4.69) is 17.6 Å². The fraction of sp³-hybridized carbons (Fsp3) is 0.545. The fourth-order valence-corrected chi connectivity index (χ4v) is 1.52. The molecule has 4 heteroatoms. The zero-order valence-electron chi connectivity index (χ0n) is 8.78. The summed E-state index contributed by atoms with van der Waals surface area (Å²) in [5, 5.41) is 3.45. The monoisotopic (exact) mass is 207 g/mol. The number of nitrogens with two attached hydrogens (primary N) is 1. The number of carbonyl (C=O) groups is 1. The van der Waals surface area contributed by atoms with Crippen LogP contribution in [0.2, 0.25) is 0 Å². The summed E-state index contributed by atoms with van der Waals surface area (Å²) in [6.07, 6.45) is 7.08. The predicted molar refractivity (Wildman–Crippen MR) is 58.1 cm³/mol. The number of amides is 1. The van der Waals surface area contributed by atoms with Crippen LogP contribution in [0.1, 0.15) is 24.8 Å². The summed E-state index contributed by atoms with van der Waals surface area (Å²) in [5.41, 5.74) is 6.36. The number of hydrogen-bond donors (Lipinski definition) is 2. The van der Waals surface area contributed by atoms with Crippen LogP contribution >= 0.6 is 0 Å². The first-order valence-corrected chi connectivity index (χ1v) is 5.40. The third-order valence-electron chi connectivity index (χ3n) is 2.60. The Bertz CT molecular complexity index is 341. The molecule has 3 N–H and O–H groups in total. The first-order chi connectivity index (χ1) is 7.24. The van der Waals surface area contributed by atoms with Gasteiger partial charge in [0.05, 0.1) is 0 Å². The lowest BCUT2D eigenvalue weighted by Gasteiger charge is -2.00. The summed E-state index contributed by atoms with van der Waals surface area (Å²) in [4.78, 5) is 10.6. The SMILES string of the molecule is NC(=O)CCn1ccc(CNC2CC2)c1. The molecular formula is C11H17N3O. The lowest BCUT2D eigenvalue weighted by molar-refractivity contribution is -0.118. The van der Waals surface area contributed by atoms with E-state index in [4.69, 9.17) is 5.73 Å². The van der Waals surface area contributed by atoms with Gasteiger partial charge >= 0.3 is 0 Å². The van der Waals surface area contributed by atoms with Crippen molar-refractivity contribution in [3.8, 4) is 0 Å². The topological polar surface area (TPSA) is 60.1 Å². The molecule has 0 bridgehead atoms. The van der Waals surface area contributed by atoms with E-state index in [1.165, 1.54) is 18.4 Å². The van der Waals surface area contributed by atoms with Crippen LogP contribution in [0.15, 0.2) is 18.5 Å². The average molecular weight is 207 g/mol. The number of aromatic nitrogens is 1. The van der Waals surface area contributed by atoms with Crippen molar-refractivity contribution in [2.45, 2.75) is 38.4 Å². The highest BCUT2D eigenvalue weighted by Gasteiger charge is 2.19. The second-order valence-corrected chi connectivity index (χ2v) is 4.13. The number of nitrogens with one attached hydrogen (secondary N) is 1. The van der Waals surface area contributed by atoms with Crippen LogP contribution < -0.4 is 11.1 Å². The van der Waals surface area contributed by atoms with Gasteiger partial charge in [-0.15, -0.1) is 0 Å². The summed E-state index contributed by atoms with van der Waals surface area (Å²) in [6.45, 7) is 1.60. The van der Waals surface area contributed by atoms with Crippen LogP contribution in [0, 0.1) is 0 Å². The van der Waals surface area contributed by atoms with E-state index >= 15 is 0 Å². The maximum Gasteiger partial charge on any atom is 0.219 e. The molecule has 0 spiro atoms. The standard InChI is InChI=1S/C11H17N3O/c12-11(15)4-6-14-5-3-9(8-14)7-13-10-1-2-10/h3,5,8,10,13H,1-2,4,6-7H2,(H2,12,15). The molecule has 1 aliphatic rings. The largest absolute Gasteiger partial charge is 0.370 e. The molecule has 0 saturated heterocycles. The minimum Gasteiger partial charge on any atom is -0.370 e. The molecule has 0 radical (unpaired) electrons. The lowest BCUT2D eigenvalue weighted by atomic mass is 10.3. The van der Waals surface area contributed by atoms with Gasteiger partial charge in [0.2, 0.25) is 5.91 Å². The van der Waals surface area contributed by atoms with Gasteiger partial charge < -0.3 is 15.6 Å². The van der Waals surface area contributed by atoms with Crippen molar-refractivity contribution in [1.29, 1.82) is 0 Å². The van der Waals surface area contributed by atoms with Gasteiger partial charge in [-0.1, -0.05) is 0 Å². The van der Waals surface area contributed by atoms with Crippen molar-refractivity contribution < 1.29 is 4.79 Å². The zero-order chi connectivity index (χ0) is 10.7. The molecule has 0 atom stereocenters. The second kappa shape index (κ2) is 4.49. The number of rotatable bonds is 6. The van der Waals surface area contributed by atoms with Crippen LogP contribution in [0.3, 0.4) is 0 Å². The Kier molecular flexibility index (Phi) is 3.06. The molecule has 0 aliphatic heterocycles. The van der Waals surface area contributed by atoms with E-state index in [0.717, 1.165) is 12.6 Å². The lowest BCUT2D eigenvalue weighted by Crippen LogP contribution is -2.15. The molecule has 1 aromatic heterocycles. The van der Waals surface area contributed by atoms with Gasteiger partial charge in [-0.3, -0.25) is 4.79 Å². The van der Waals surface area contributed by atoms with Gasteiger partial charge in [0.25, 0.3) is 0 Å². The van der Waals surface area contributed by atoms with Crippen molar-refractivity contribution in [3.63, 3.8) is 0 Å². The molecule has 1 amide bonds. The van der Waals surface area contributed by atoms with Crippen LogP contribution in [-0.2, 0) is 17.9 Å². The van der Waals surface area contributed by atoms with E-state index in [1.54, 1.807) is 0 Å². The fourth-order valence-electron chi connectivity index (χ4n) is 1.52. The molecule has 82 valence electrons. The van der Waals surface area contributed by atoms with Gasteiger partial charge in [0.15, 0.2) is 0 Å². The second-order valence-electron chi connectivity index (χ2n) is 4.13. The van der Waals surface area contributed by atoms with E-state index < -0.39 is 0 Å². The van der Waals surface area contributed by atoms with Crippen molar-refractivity contribution in [3.05, 3.63) is 24.0 Å². The van der Waals surface area contributed by atoms with Crippen LogP contribution in [0.4, 0.5) is 0 Å². The molecule has 2 rings (SSSR count). The zero-order valence-corrected chi connectivity index (χ0v) is 8.78. The molecule has 1 heterocycles. The highest BCUT2D eigenvalue weighted by Crippen LogP contribution is 2.19. The first-order valence-electron chi connectivity index (χ1n) is 5.40. The molecule has 1 saturated carbocycles. The molecule has 0 unspecified atom stereocenters. The van der Waals surface area contributed by atoms with E-state index in [9.17, 15) is 4.79 Å². The van der Waals surface area contributed by atoms with Crippen molar-refractivity contribution in [2.24, 2.45) is 5.73 Å². The van der Waals surface area contributed by atoms with Gasteiger partial charge in [-0.25, -0.2) is 0 Å². The minimum atomic E-state index is -0.249.